The molecule has 1 aliphatic heterocycles. The van der Waals surface area contributed by atoms with Gasteiger partial charge in [0.1, 0.15) is 0 Å². The van der Waals surface area contributed by atoms with Crippen molar-refractivity contribution in [3.8, 4) is 0 Å². The molecule has 27 heavy (non-hydrogen) atoms. The van der Waals surface area contributed by atoms with Gasteiger partial charge in [0.15, 0.2) is 5.76 Å². The maximum atomic E-state index is 12.7. The third-order valence-electron chi connectivity index (χ3n) is 4.45. The molecule has 3 heterocycles. The average molecular weight is 393 g/mol. The number of carbonyl (C=O) groups is 1. The number of pyridine rings is 1. The SMILES string of the molecule is CCN(CCc1ccncc1)C(=O)c1ccc(S(=O)(=O)N2CCOCC2)o1. The molecular formula is C18H23N3O5S. The number of ether oxygens (including phenoxy) is 1. The fourth-order valence-electron chi connectivity index (χ4n) is 2.86. The van der Waals surface area contributed by atoms with E-state index in [0.717, 1.165) is 5.56 Å². The first-order chi connectivity index (χ1) is 13.0. The Hall–Kier alpha value is -2.23. The first-order valence-corrected chi connectivity index (χ1v) is 10.3. The number of aromatic nitrogens is 1. The molecule has 8 nitrogen and oxygen atoms in total. The minimum Gasteiger partial charge on any atom is -0.438 e. The summed E-state index contributed by atoms with van der Waals surface area (Å²) in [6.45, 7) is 4.13. The highest BCUT2D eigenvalue weighted by atomic mass is 32.2. The third kappa shape index (κ3) is 4.55. The molecule has 0 bridgehead atoms. The van der Waals surface area contributed by atoms with Crippen LogP contribution in [0.5, 0.6) is 0 Å². The molecule has 1 saturated heterocycles. The summed E-state index contributed by atoms with van der Waals surface area (Å²) in [7, 11) is -3.75. The van der Waals surface area contributed by atoms with Crippen LogP contribution in [0.2, 0.25) is 0 Å². The van der Waals surface area contributed by atoms with Crippen molar-refractivity contribution in [2.24, 2.45) is 0 Å². The number of carbonyl (C=O) groups excluding carboxylic acids is 1. The molecule has 1 aliphatic rings. The van der Waals surface area contributed by atoms with Crippen molar-refractivity contribution in [1.82, 2.24) is 14.2 Å². The molecule has 0 aliphatic carbocycles. The van der Waals surface area contributed by atoms with E-state index >= 15 is 0 Å². The van der Waals surface area contributed by atoms with Crippen LogP contribution in [-0.4, -0.2) is 67.9 Å². The lowest BCUT2D eigenvalue weighted by molar-refractivity contribution is 0.0707. The highest BCUT2D eigenvalue weighted by Gasteiger charge is 2.30. The summed E-state index contributed by atoms with van der Waals surface area (Å²) in [6.07, 6.45) is 4.10. The second kappa shape index (κ2) is 8.64. The molecule has 1 amide bonds. The maximum Gasteiger partial charge on any atom is 0.289 e. The zero-order valence-corrected chi connectivity index (χ0v) is 16.0. The molecule has 0 atom stereocenters. The average Bonchev–Trinajstić information content (AvgIpc) is 3.21. The van der Waals surface area contributed by atoms with Crippen molar-refractivity contribution < 1.29 is 22.4 Å². The number of hydrogen-bond donors (Lipinski definition) is 0. The zero-order valence-electron chi connectivity index (χ0n) is 15.2. The van der Waals surface area contributed by atoms with E-state index in [0.29, 0.717) is 32.7 Å². The van der Waals surface area contributed by atoms with Gasteiger partial charge in [0, 0.05) is 38.6 Å². The highest BCUT2D eigenvalue weighted by Crippen LogP contribution is 2.21. The van der Waals surface area contributed by atoms with Crippen molar-refractivity contribution >= 4 is 15.9 Å². The van der Waals surface area contributed by atoms with E-state index in [4.69, 9.17) is 9.15 Å². The number of morpholine rings is 1. The zero-order chi connectivity index (χ0) is 19.3. The Bertz CT molecular complexity index is 860. The van der Waals surface area contributed by atoms with E-state index in [1.165, 1.54) is 16.4 Å². The van der Waals surface area contributed by atoms with Gasteiger partial charge in [-0.3, -0.25) is 9.78 Å². The molecule has 9 heteroatoms. The first kappa shape index (κ1) is 19.5. The Balaban J connectivity index is 1.69. The van der Waals surface area contributed by atoms with E-state index in [9.17, 15) is 13.2 Å². The summed E-state index contributed by atoms with van der Waals surface area (Å²) in [5, 5.41) is -0.210. The van der Waals surface area contributed by atoms with Crippen LogP contribution in [0.25, 0.3) is 0 Å². The largest absolute Gasteiger partial charge is 0.438 e. The van der Waals surface area contributed by atoms with Crippen molar-refractivity contribution in [2.75, 3.05) is 39.4 Å². The van der Waals surface area contributed by atoms with Crippen molar-refractivity contribution in [3.63, 3.8) is 0 Å². The minimum absolute atomic E-state index is 0.0263. The fourth-order valence-corrected chi connectivity index (χ4v) is 4.18. The summed E-state index contributed by atoms with van der Waals surface area (Å²) >= 11 is 0. The number of rotatable bonds is 7. The Kier molecular flexibility index (Phi) is 6.25. The molecule has 2 aromatic rings. The maximum absolute atomic E-state index is 12.7. The van der Waals surface area contributed by atoms with E-state index in [1.807, 2.05) is 19.1 Å². The Morgan fingerprint density at radius 1 is 1.19 bits per heavy atom. The molecule has 0 spiro atoms. The molecule has 146 valence electrons. The second-order valence-corrected chi connectivity index (χ2v) is 7.99. The number of furan rings is 1. The van der Waals surface area contributed by atoms with Crippen molar-refractivity contribution in [1.29, 1.82) is 0 Å². The molecule has 1 fully saturated rings. The molecule has 0 aromatic carbocycles. The van der Waals surface area contributed by atoms with Gasteiger partial charge in [-0.05, 0) is 43.2 Å². The molecule has 0 unspecified atom stereocenters. The van der Waals surface area contributed by atoms with Crippen LogP contribution in [0.1, 0.15) is 23.0 Å². The van der Waals surface area contributed by atoms with E-state index in [-0.39, 0.29) is 29.8 Å². The summed E-state index contributed by atoms with van der Waals surface area (Å²) in [6, 6.07) is 6.57. The normalized spacial score (nSPS) is 15.6. The highest BCUT2D eigenvalue weighted by molar-refractivity contribution is 7.89. The predicted molar refractivity (Wildman–Crippen MR) is 97.8 cm³/mol. The van der Waals surface area contributed by atoms with Crippen LogP contribution in [0.4, 0.5) is 0 Å². The van der Waals surface area contributed by atoms with E-state index in [1.54, 1.807) is 17.3 Å². The van der Waals surface area contributed by atoms with Gasteiger partial charge in [0.05, 0.1) is 13.2 Å². The van der Waals surface area contributed by atoms with Gasteiger partial charge in [-0.2, -0.15) is 4.31 Å². The summed E-state index contributed by atoms with van der Waals surface area (Å²) in [4.78, 5) is 18.3. The van der Waals surface area contributed by atoms with Crippen molar-refractivity contribution in [2.45, 2.75) is 18.4 Å². The number of nitrogens with zero attached hydrogens (tertiary/aromatic N) is 3. The number of amides is 1. The van der Waals surface area contributed by atoms with Gasteiger partial charge in [-0.1, -0.05) is 0 Å². The lowest BCUT2D eigenvalue weighted by atomic mass is 10.2. The third-order valence-corrected chi connectivity index (χ3v) is 6.22. The van der Waals surface area contributed by atoms with Crippen molar-refractivity contribution in [3.05, 3.63) is 48.0 Å². The first-order valence-electron chi connectivity index (χ1n) is 8.88. The second-order valence-electron chi connectivity index (χ2n) is 6.13. The molecular weight excluding hydrogens is 370 g/mol. The smallest absolute Gasteiger partial charge is 0.289 e. The summed E-state index contributed by atoms with van der Waals surface area (Å²) < 4.78 is 37.2. The molecule has 0 saturated carbocycles. The van der Waals surface area contributed by atoms with Gasteiger partial charge in [0.25, 0.3) is 15.9 Å². The predicted octanol–water partition coefficient (Wildman–Crippen LogP) is 1.40. The summed E-state index contributed by atoms with van der Waals surface area (Å²) in [5.41, 5.74) is 1.08. The number of likely N-dealkylation sites (N-methyl/N-ethyl adjacent to an activating group) is 1. The minimum atomic E-state index is -3.75. The van der Waals surface area contributed by atoms with Gasteiger partial charge >= 0.3 is 0 Å². The number of hydrogen-bond acceptors (Lipinski definition) is 6. The van der Waals surface area contributed by atoms with Crippen LogP contribution in [0.3, 0.4) is 0 Å². The van der Waals surface area contributed by atoms with Crippen LogP contribution in [0, 0.1) is 0 Å². The van der Waals surface area contributed by atoms with Crippen LogP contribution in [-0.2, 0) is 21.2 Å². The van der Waals surface area contributed by atoms with E-state index < -0.39 is 10.0 Å². The molecule has 2 aromatic heterocycles. The van der Waals surface area contributed by atoms with Gasteiger partial charge in [0.2, 0.25) is 5.09 Å². The van der Waals surface area contributed by atoms with Crippen LogP contribution < -0.4 is 0 Å². The summed E-state index contributed by atoms with van der Waals surface area (Å²) in [5.74, 6) is -0.298. The Morgan fingerprint density at radius 2 is 1.89 bits per heavy atom. The Morgan fingerprint density at radius 3 is 2.56 bits per heavy atom. The standard InChI is InChI=1S/C18H23N3O5S/c1-2-20(10-7-15-5-8-19-9-6-15)18(22)16-3-4-17(26-16)27(23,24)21-11-13-25-14-12-21/h3-6,8-9H,2,7,10-14H2,1H3. The van der Waals surface area contributed by atoms with Crippen LogP contribution >= 0.6 is 0 Å². The molecule has 0 radical (unpaired) electrons. The lowest BCUT2D eigenvalue weighted by Crippen LogP contribution is -2.40. The van der Waals surface area contributed by atoms with E-state index in [2.05, 4.69) is 4.98 Å². The Labute approximate surface area is 158 Å². The van der Waals surface area contributed by atoms with Gasteiger partial charge in [-0.25, -0.2) is 8.42 Å². The topological polar surface area (TPSA) is 93.0 Å². The quantitative estimate of drug-likeness (QED) is 0.706. The van der Waals surface area contributed by atoms with Gasteiger partial charge in [-0.15, -0.1) is 0 Å². The molecule has 0 N–H and O–H groups in total. The number of sulfonamides is 1. The van der Waals surface area contributed by atoms with Gasteiger partial charge < -0.3 is 14.1 Å². The molecule has 3 rings (SSSR count). The fraction of sp³-hybridized carbons (Fsp3) is 0.444. The van der Waals surface area contributed by atoms with Crippen LogP contribution in [0.15, 0.2) is 46.2 Å². The lowest BCUT2D eigenvalue weighted by Gasteiger charge is -2.24. The monoisotopic (exact) mass is 393 g/mol.